The largest absolute Gasteiger partial charge is 0.497 e. The number of hydrogen-bond donors (Lipinski definition) is 1. The Hall–Kier alpha value is -2.81. The van der Waals surface area contributed by atoms with Crippen molar-refractivity contribution in [2.24, 2.45) is 0 Å². The molecule has 0 unspecified atom stereocenters. The second kappa shape index (κ2) is 17.7. The Labute approximate surface area is 197 Å². The van der Waals surface area contributed by atoms with Crippen LogP contribution in [0, 0.1) is 0 Å². The van der Waals surface area contributed by atoms with Crippen molar-refractivity contribution in [2.75, 3.05) is 53.9 Å². The van der Waals surface area contributed by atoms with E-state index >= 15 is 0 Å². The first kappa shape index (κ1) is 28.2. The van der Waals surface area contributed by atoms with Gasteiger partial charge in [0.25, 0.3) is 0 Å². The summed E-state index contributed by atoms with van der Waals surface area (Å²) in [4.78, 5) is 12.8. The lowest BCUT2D eigenvalue weighted by Gasteiger charge is -2.20. The van der Waals surface area contributed by atoms with Crippen molar-refractivity contribution in [3.05, 3.63) is 59.7 Å². The van der Waals surface area contributed by atoms with E-state index in [1.54, 1.807) is 14.2 Å². The maximum Gasteiger partial charge on any atom is 0.407 e. The van der Waals surface area contributed by atoms with E-state index in [1.165, 1.54) is 4.90 Å². The molecule has 8 heteroatoms. The van der Waals surface area contributed by atoms with Crippen molar-refractivity contribution in [3.8, 4) is 11.5 Å². The molecular formula is C25H37NO7. The van der Waals surface area contributed by atoms with Crippen molar-refractivity contribution >= 4 is 6.09 Å². The summed E-state index contributed by atoms with van der Waals surface area (Å²) in [5.41, 5.74) is 1.76. The van der Waals surface area contributed by atoms with Crippen molar-refractivity contribution in [2.45, 2.75) is 26.9 Å². The Morgan fingerprint density at radius 1 is 0.758 bits per heavy atom. The van der Waals surface area contributed by atoms with E-state index in [9.17, 15) is 9.90 Å². The number of benzene rings is 2. The second-order valence-electron chi connectivity index (χ2n) is 6.85. The van der Waals surface area contributed by atoms with Gasteiger partial charge in [0, 0.05) is 26.3 Å². The third kappa shape index (κ3) is 12.7. The highest BCUT2D eigenvalue weighted by Gasteiger charge is 2.13. The number of hydrogen-bond acceptors (Lipinski definition) is 6. The summed E-state index contributed by atoms with van der Waals surface area (Å²) in [6, 6.07) is 14.8. The van der Waals surface area contributed by atoms with Crippen LogP contribution in [-0.2, 0) is 27.3 Å². The molecule has 2 rings (SSSR count). The van der Waals surface area contributed by atoms with Gasteiger partial charge in [0.15, 0.2) is 0 Å². The topological polar surface area (TPSA) is 86.7 Å². The Balaban J connectivity index is 0.000000420. The summed E-state index contributed by atoms with van der Waals surface area (Å²) < 4.78 is 25.7. The van der Waals surface area contributed by atoms with Crippen LogP contribution in [0.4, 0.5) is 4.79 Å². The van der Waals surface area contributed by atoms with Crippen molar-refractivity contribution in [1.82, 2.24) is 4.90 Å². The molecule has 0 atom stereocenters. The van der Waals surface area contributed by atoms with Gasteiger partial charge >= 0.3 is 6.09 Å². The Morgan fingerprint density at radius 2 is 1.18 bits per heavy atom. The number of rotatable bonds is 14. The molecule has 0 saturated heterocycles. The Morgan fingerprint density at radius 3 is 1.55 bits per heavy atom. The van der Waals surface area contributed by atoms with Crippen molar-refractivity contribution < 1.29 is 33.6 Å². The van der Waals surface area contributed by atoms with Crippen LogP contribution < -0.4 is 9.47 Å². The van der Waals surface area contributed by atoms with Crippen LogP contribution in [-0.4, -0.2) is 70.0 Å². The van der Waals surface area contributed by atoms with Gasteiger partial charge in [0.05, 0.1) is 40.6 Å². The second-order valence-corrected chi connectivity index (χ2v) is 6.85. The van der Waals surface area contributed by atoms with E-state index in [1.807, 2.05) is 62.4 Å². The first-order valence-electron chi connectivity index (χ1n) is 11.0. The van der Waals surface area contributed by atoms with Crippen LogP contribution >= 0.6 is 0 Å². The van der Waals surface area contributed by atoms with Gasteiger partial charge in [-0.1, -0.05) is 24.3 Å². The first-order chi connectivity index (χ1) is 16.0. The van der Waals surface area contributed by atoms with Crippen LogP contribution in [0.25, 0.3) is 0 Å². The van der Waals surface area contributed by atoms with Gasteiger partial charge in [-0.15, -0.1) is 0 Å². The molecule has 0 fully saturated rings. The van der Waals surface area contributed by atoms with E-state index in [2.05, 4.69) is 0 Å². The molecule has 2 aromatic carbocycles. The molecule has 0 spiro atoms. The van der Waals surface area contributed by atoms with Gasteiger partial charge in [-0.2, -0.15) is 0 Å². The number of amides is 1. The molecule has 8 nitrogen and oxygen atoms in total. The summed E-state index contributed by atoms with van der Waals surface area (Å²) in [6.07, 6.45) is -0.967. The fraction of sp³-hybridized carbons (Fsp3) is 0.480. The Bertz CT molecular complexity index is 727. The quantitative estimate of drug-likeness (QED) is 0.414. The third-order valence-electron chi connectivity index (χ3n) is 4.44. The molecular weight excluding hydrogens is 426 g/mol. The number of carbonyl (C=O) groups is 1. The predicted molar refractivity (Wildman–Crippen MR) is 127 cm³/mol. The van der Waals surface area contributed by atoms with Gasteiger partial charge < -0.3 is 28.8 Å². The van der Waals surface area contributed by atoms with E-state index in [-0.39, 0.29) is 0 Å². The lowest BCUT2D eigenvalue weighted by Crippen LogP contribution is -2.28. The van der Waals surface area contributed by atoms with Gasteiger partial charge in [0.2, 0.25) is 0 Å². The number of methoxy groups -OCH3 is 2. The van der Waals surface area contributed by atoms with Crippen LogP contribution in [0.2, 0.25) is 0 Å². The van der Waals surface area contributed by atoms with Crippen LogP contribution in [0.1, 0.15) is 25.0 Å². The fourth-order valence-electron chi connectivity index (χ4n) is 2.80. The molecule has 0 aliphatic heterocycles. The molecule has 0 bridgehead atoms. The molecule has 0 aliphatic rings. The normalized spacial score (nSPS) is 10.2. The average Bonchev–Trinajstić information content (AvgIpc) is 2.83. The van der Waals surface area contributed by atoms with Crippen LogP contribution in [0.15, 0.2) is 48.5 Å². The number of carboxylic acid groups (broad SMARTS) is 1. The highest BCUT2D eigenvalue weighted by molar-refractivity contribution is 5.65. The molecule has 33 heavy (non-hydrogen) atoms. The minimum absolute atomic E-state index is 0.295. The van der Waals surface area contributed by atoms with Gasteiger partial charge in [-0.3, -0.25) is 4.90 Å². The monoisotopic (exact) mass is 463 g/mol. The predicted octanol–water partition coefficient (Wildman–Crippen LogP) is 4.46. The SMILES string of the molecule is CCOCCOCCOCC.COc1cccc(CN(Cc2cccc(OC)c2)C(=O)O)c1. The summed E-state index contributed by atoms with van der Waals surface area (Å²) in [6.45, 7) is 8.75. The molecule has 184 valence electrons. The average molecular weight is 464 g/mol. The summed E-state index contributed by atoms with van der Waals surface area (Å²) in [7, 11) is 3.18. The molecule has 0 aromatic heterocycles. The molecule has 0 saturated carbocycles. The fourth-order valence-corrected chi connectivity index (χ4v) is 2.80. The third-order valence-corrected chi connectivity index (χ3v) is 4.44. The zero-order chi connectivity index (χ0) is 24.3. The smallest absolute Gasteiger partial charge is 0.407 e. The van der Waals surface area contributed by atoms with Gasteiger partial charge in [-0.25, -0.2) is 4.79 Å². The summed E-state index contributed by atoms with van der Waals surface area (Å²) >= 11 is 0. The van der Waals surface area contributed by atoms with Gasteiger partial charge in [0.1, 0.15) is 11.5 Å². The van der Waals surface area contributed by atoms with E-state index < -0.39 is 6.09 Å². The summed E-state index contributed by atoms with van der Waals surface area (Å²) in [5, 5.41) is 9.41. The molecule has 1 N–H and O–H groups in total. The standard InChI is InChI=1S/C17H19NO4.C8H18O3/c1-21-15-7-3-5-13(9-15)11-18(17(19)20)12-14-6-4-8-16(10-14)22-2;1-3-9-5-7-11-8-6-10-4-2/h3-10H,11-12H2,1-2H3,(H,19,20);3-8H2,1-2H3. The molecule has 0 heterocycles. The molecule has 2 aromatic rings. The van der Waals surface area contributed by atoms with Gasteiger partial charge in [-0.05, 0) is 49.2 Å². The van der Waals surface area contributed by atoms with Crippen molar-refractivity contribution in [3.63, 3.8) is 0 Å². The van der Waals surface area contributed by atoms with Crippen LogP contribution in [0.3, 0.4) is 0 Å². The highest BCUT2D eigenvalue weighted by Crippen LogP contribution is 2.18. The maximum atomic E-state index is 11.5. The maximum absolute atomic E-state index is 11.5. The van der Waals surface area contributed by atoms with Crippen molar-refractivity contribution in [1.29, 1.82) is 0 Å². The van der Waals surface area contributed by atoms with E-state index in [4.69, 9.17) is 23.7 Å². The minimum atomic E-state index is -0.967. The highest BCUT2D eigenvalue weighted by atomic mass is 16.5. The zero-order valence-corrected chi connectivity index (χ0v) is 20.1. The number of ether oxygens (including phenoxy) is 5. The lowest BCUT2D eigenvalue weighted by molar-refractivity contribution is 0.0195. The van der Waals surface area contributed by atoms with E-state index in [0.717, 1.165) is 24.3 Å². The zero-order valence-electron chi connectivity index (χ0n) is 20.1. The molecule has 0 radical (unpaired) electrons. The molecule has 0 aliphatic carbocycles. The minimum Gasteiger partial charge on any atom is -0.497 e. The van der Waals surface area contributed by atoms with E-state index in [0.29, 0.717) is 51.0 Å². The van der Waals surface area contributed by atoms with Crippen LogP contribution in [0.5, 0.6) is 11.5 Å². The number of nitrogens with zero attached hydrogens (tertiary/aromatic N) is 1. The lowest BCUT2D eigenvalue weighted by atomic mass is 10.1. The molecule has 1 amide bonds. The Kier molecular flexibility index (Phi) is 15.1. The first-order valence-corrected chi connectivity index (χ1v) is 11.0. The summed E-state index contributed by atoms with van der Waals surface area (Å²) in [5.74, 6) is 1.42.